The zero-order valence-corrected chi connectivity index (χ0v) is 9.48. The number of barbiturate groups is 1. The van der Waals surface area contributed by atoms with E-state index in [9.17, 15) is 14.4 Å². The Morgan fingerprint density at radius 1 is 1.13 bits per heavy atom. The van der Waals surface area contributed by atoms with E-state index >= 15 is 0 Å². The third kappa shape index (κ3) is 1.73. The van der Waals surface area contributed by atoms with Gasteiger partial charge in [-0.3, -0.25) is 19.4 Å². The summed E-state index contributed by atoms with van der Waals surface area (Å²) in [6.07, 6.45) is 0.734. The monoisotopic (exact) mass is 212 g/mol. The molecule has 1 aliphatic heterocycles. The van der Waals surface area contributed by atoms with Gasteiger partial charge in [-0.1, -0.05) is 20.3 Å². The van der Waals surface area contributed by atoms with Crippen molar-refractivity contribution < 1.29 is 14.4 Å². The quantitative estimate of drug-likeness (QED) is 0.633. The van der Waals surface area contributed by atoms with Crippen LogP contribution in [0.25, 0.3) is 0 Å². The predicted octanol–water partition coefficient (Wildman–Crippen LogP) is 0.699. The average Bonchev–Trinajstić information content (AvgIpc) is 2.23. The number of carbonyl (C=O) groups is 3. The van der Waals surface area contributed by atoms with E-state index in [1.54, 1.807) is 0 Å². The van der Waals surface area contributed by atoms with Gasteiger partial charge in [0.2, 0.25) is 11.8 Å². The fourth-order valence-corrected chi connectivity index (χ4v) is 1.66. The summed E-state index contributed by atoms with van der Waals surface area (Å²) in [5.41, 5.74) is 0. The minimum atomic E-state index is -0.706. The van der Waals surface area contributed by atoms with Gasteiger partial charge in [0.1, 0.15) is 5.92 Å². The third-order valence-corrected chi connectivity index (χ3v) is 2.98. The standard InChI is InChI=1S/C10H16N2O3/c1-5-6(2)7-8(13)11(3)10(15)12(4)9(7)14/h6-7H,5H2,1-4H3. The molecule has 0 aromatic carbocycles. The minimum Gasteiger partial charge on any atom is -0.273 e. The Labute approximate surface area is 89.0 Å². The topological polar surface area (TPSA) is 57.7 Å². The van der Waals surface area contributed by atoms with Crippen molar-refractivity contribution in [1.82, 2.24) is 9.80 Å². The summed E-state index contributed by atoms with van der Waals surface area (Å²) >= 11 is 0. The van der Waals surface area contributed by atoms with Crippen LogP contribution in [0.4, 0.5) is 4.79 Å². The molecule has 0 bridgehead atoms. The summed E-state index contributed by atoms with van der Waals surface area (Å²) in [6, 6.07) is -0.551. The molecule has 0 aromatic rings. The average molecular weight is 212 g/mol. The van der Waals surface area contributed by atoms with Crippen molar-refractivity contribution in [2.24, 2.45) is 11.8 Å². The van der Waals surface area contributed by atoms with Crippen LogP contribution in [0.1, 0.15) is 20.3 Å². The van der Waals surface area contributed by atoms with Crippen molar-refractivity contribution in [3.63, 3.8) is 0 Å². The van der Waals surface area contributed by atoms with Gasteiger partial charge in [0.05, 0.1) is 0 Å². The van der Waals surface area contributed by atoms with Crippen LogP contribution in [-0.2, 0) is 9.59 Å². The third-order valence-electron chi connectivity index (χ3n) is 2.98. The van der Waals surface area contributed by atoms with E-state index in [2.05, 4.69) is 0 Å². The van der Waals surface area contributed by atoms with Gasteiger partial charge in [-0.25, -0.2) is 4.79 Å². The highest BCUT2D eigenvalue weighted by Crippen LogP contribution is 2.24. The number of hydrogen-bond acceptors (Lipinski definition) is 3. The minimum absolute atomic E-state index is 0.0389. The largest absolute Gasteiger partial charge is 0.332 e. The second-order valence-electron chi connectivity index (χ2n) is 3.94. The SMILES string of the molecule is CCC(C)C1C(=O)N(C)C(=O)N(C)C1=O. The fourth-order valence-electron chi connectivity index (χ4n) is 1.66. The Hall–Kier alpha value is -1.39. The van der Waals surface area contributed by atoms with E-state index < -0.39 is 23.8 Å². The van der Waals surface area contributed by atoms with Crippen LogP contribution >= 0.6 is 0 Å². The molecule has 5 nitrogen and oxygen atoms in total. The molecule has 1 saturated heterocycles. The highest BCUT2D eigenvalue weighted by atomic mass is 16.2. The lowest BCUT2D eigenvalue weighted by atomic mass is 9.88. The second kappa shape index (κ2) is 4.00. The van der Waals surface area contributed by atoms with Gasteiger partial charge in [-0.15, -0.1) is 0 Å². The van der Waals surface area contributed by atoms with Crippen molar-refractivity contribution in [2.75, 3.05) is 14.1 Å². The lowest BCUT2D eigenvalue weighted by molar-refractivity contribution is -0.149. The lowest BCUT2D eigenvalue weighted by Gasteiger charge is -2.35. The molecule has 4 amide bonds. The summed E-state index contributed by atoms with van der Waals surface area (Å²) in [5.74, 6) is -1.53. The molecule has 84 valence electrons. The van der Waals surface area contributed by atoms with E-state index in [0.29, 0.717) is 0 Å². The van der Waals surface area contributed by atoms with Crippen LogP contribution in [0.15, 0.2) is 0 Å². The molecule has 1 fully saturated rings. The molecular weight excluding hydrogens is 196 g/mol. The first-order valence-electron chi connectivity index (χ1n) is 5.00. The Kier molecular flexibility index (Phi) is 3.12. The molecule has 0 aliphatic carbocycles. The Balaban J connectivity index is 3.02. The number of nitrogens with zero attached hydrogens (tertiary/aromatic N) is 2. The molecule has 1 atom stereocenters. The number of carbonyl (C=O) groups excluding carboxylic acids is 3. The van der Waals surface area contributed by atoms with Crippen LogP contribution in [0.5, 0.6) is 0 Å². The summed E-state index contributed by atoms with van der Waals surface area (Å²) in [7, 11) is 2.81. The molecule has 5 heteroatoms. The van der Waals surface area contributed by atoms with Gasteiger partial charge in [0.15, 0.2) is 0 Å². The molecule has 1 aliphatic rings. The van der Waals surface area contributed by atoms with Crippen molar-refractivity contribution >= 4 is 17.8 Å². The smallest absolute Gasteiger partial charge is 0.273 e. The maximum atomic E-state index is 11.7. The first kappa shape index (κ1) is 11.7. The number of rotatable bonds is 2. The summed E-state index contributed by atoms with van der Waals surface area (Å²) in [6.45, 7) is 3.76. The summed E-state index contributed by atoms with van der Waals surface area (Å²) in [4.78, 5) is 36.9. The maximum Gasteiger partial charge on any atom is 0.332 e. The van der Waals surface area contributed by atoms with Crippen molar-refractivity contribution in [1.29, 1.82) is 0 Å². The van der Waals surface area contributed by atoms with Gasteiger partial charge in [-0.2, -0.15) is 0 Å². The van der Waals surface area contributed by atoms with Crippen LogP contribution in [0.3, 0.4) is 0 Å². The lowest BCUT2D eigenvalue weighted by Crippen LogP contribution is -2.58. The van der Waals surface area contributed by atoms with E-state index in [1.165, 1.54) is 14.1 Å². The van der Waals surface area contributed by atoms with Crippen molar-refractivity contribution in [3.8, 4) is 0 Å². The fraction of sp³-hybridized carbons (Fsp3) is 0.700. The van der Waals surface area contributed by atoms with Crippen molar-refractivity contribution in [3.05, 3.63) is 0 Å². The first-order chi connectivity index (χ1) is 6.91. The maximum absolute atomic E-state index is 11.7. The zero-order valence-electron chi connectivity index (χ0n) is 9.48. The Bertz CT molecular complexity index is 290. The highest BCUT2D eigenvalue weighted by molar-refractivity contribution is 6.15. The van der Waals surface area contributed by atoms with Crippen molar-refractivity contribution in [2.45, 2.75) is 20.3 Å². The normalized spacial score (nSPS) is 21.2. The number of hydrogen-bond donors (Lipinski definition) is 0. The first-order valence-corrected chi connectivity index (χ1v) is 5.00. The van der Waals surface area contributed by atoms with Gasteiger partial charge in [0, 0.05) is 14.1 Å². The van der Waals surface area contributed by atoms with E-state index in [4.69, 9.17) is 0 Å². The summed E-state index contributed by atoms with van der Waals surface area (Å²) in [5, 5.41) is 0. The molecule has 0 N–H and O–H groups in total. The second-order valence-corrected chi connectivity index (χ2v) is 3.94. The van der Waals surface area contributed by atoms with Gasteiger partial charge >= 0.3 is 6.03 Å². The Morgan fingerprint density at radius 3 is 1.87 bits per heavy atom. The van der Waals surface area contributed by atoms with Crippen LogP contribution in [0, 0.1) is 11.8 Å². The van der Waals surface area contributed by atoms with E-state index in [1.807, 2.05) is 13.8 Å². The van der Waals surface area contributed by atoms with Gasteiger partial charge in [0.25, 0.3) is 0 Å². The number of urea groups is 1. The molecule has 15 heavy (non-hydrogen) atoms. The highest BCUT2D eigenvalue weighted by Gasteiger charge is 2.44. The van der Waals surface area contributed by atoms with Crippen LogP contribution < -0.4 is 0 Å². The summed E-state index contributed by atoms with van der Waals surface area (Å²) < 4.78 is 0. The number of amides is 4. The predicted molar refractivity (Wildman–Crippen MR) is 53.9 cm³/mol. The zero-order chi connectivity index (χ0) is 11.7. The van der Waals surface area contributed by atoms with Gasteiger partial charge in [-0.05, 0) is 5.92 Å². The molecular formula is C10H16N2O3. The number of imide groups is 2. The van der Waals surface area contributed by atoms with Crippen LogP contribution in [-0.4, -0.2) is 41.7 Å². The molecule has 1 heterocycles. The molecule has 0 aromatic heterocycles. The van der Waals surface area contributed by atoms with E-state index in [-0.39, 0.29) is 5.92 Å². The molecule has 1 unspecified atom stereocenters. The molecule has 0 saturated carbocycles. The van der Waals surface area contributed by atoms with E-state index in [0.717, 1.165) is 16.2 Å². The Morgan fingerprint density at radius 2 is 1.53 bits per heavy atom. The molecule has 1 rings (SSSR count). The molecule has 0 radical (unpaired) electrons. The van der Waals surface area contributed by atoms with Gasteiger partial charge < -0.3 is 0 Å². The van der Waals surface area contributed by atoms with Crippen LogP contribution in [0.2, 0.25) is 0 Å². The molecule has 0 spiro atoms.